The monoisotopic (exact) mass is 330 g/mol. The second-order valence-corrected chi connectivity index (χ2v) is 7.61. The molecule has 3 N–H and O–H groups in total. The zero-order valence-corrected chi connectivity index (χ0v) is 12.0. The first-order chi connectivity index (χ1) is 8.22. The van der Waals surface area contributed by atoms with Crippen molar-refractivity contribution >= 4 is 58.4 Å². The van der Waals surface area contributed by atoms with Gasteiger partial charge in [-0.05, 0) is 0 Å². The number of halogens is 3. The molecule has 0 unspecified atom stereocenters. The van der Waals surface area contributed by atoms with Gasteiger partial charge in [0, 0.05) is 17.1 Å². The third kappa shape index (κ3) is 2.44. The molecule has 2 aliphatic heterocycles. The molecule has 0 bridgehead atoms. The molecule has 2 aliphatic rings. The number of hydrogen-bond donors (Lipinski definition) is 2. The normalized spacial score (nSPS) is 28.0. The summed E-state index contributed by atoms with van der Waals surface area (Å²) in [6.07, 6.45) is -0.0459. The van der Waals surface area contributed by atoms with E-state index in [1.807, 2.05) is 0 Å². The van der Waals surface area contributed by atoms with Gasteiger partial charge in [0.25, 0.3) is 0 Å². The van der Waals surface area contributed by atoms with Crippen molar-refractivity contribution in [1.82, 2.24) is 4.90 Å². The highest BCUT2D eigenvalue weighted by atomic mass is 35.6. The molecule has 0 radical (unpaired) electrons. The van der Waals surface area contributed by atoms with E-state index in [1.165, 1.54) is 16.7 Å². The van der Waals surface area contributed by atoms with Crippen LogP contribution in [0.25, 0.3) is 0 Å². The molecule has 18 heavy (non-hydrogen) atoms. The minimum absolute atomic E-state index is 0.0459. The molecule has 5 nitrogen and oxygen atoms in total. The van der Waals surface area contributed by atoms with Crippen LogP contribution < -0.4 is 5.73 Å². The summed E-state index contributed by atoms with van der Waals surface area (Å²) < 4.78 is -1.59. The minimum atomic E-state index is -1.59. The molecule has 0 saturated carbocycles. The summed E-state index contributed by atoms with van der Waals surface area (Å²) in [4.78, 5) is 24.5. The van der Waals surface area contributed by atoms with Gasteiger partial charge in [0.2, 0.25) is 5.91 Å². The number of alkyl halides is 3. The Morgan fingerprint density at radius 2 is 2.17 bits per heavy atom. The van der Waals surface area contributed by atoms with Crippen LogP contribution in [0.5, 0.6) is 0 Å². The van der Waals surface area contributed by atoms with E-state index < -0.39 is 21.7 Å². The summed E-state index contributed by atoms with van der Waals surface area (Å²) >= 11 is 18.3. The van der Waals surface area contributed by atoms with Gasteiger partial charge >= 0.3 is 5.97 Å². The van der Waals surface area contributed by atoms with E-state index in [9.17, 15) is 14.7 Å². The number of β-lactam (4-membered cyclic amide) rings is 1. The number of allylic oxidation sites excluding steroid dienone is 1. The van der Waals surface area contributed by atoms with E-state index >= 15 is 0 Å². The van der Waals surface area contributed by atoms with Gasteiger partial charge in [0.05, 0.1) is 6.04 Å². The second kappa shape index (κ2) is 4.76. The predicted molar refractivity (Wildman–Crippen MR) is 70.6 cm³/mol. The van der Waals surface area contributed by atoms with Crippen molar-refractivity contribution in [3.8, 4) is 0 Å². The number of fused-ring (bicyclic) bond motifs is 1. The van der Waals surface area contributed by atoms with Crippen LogP contribution in [0, 0.1) is 0 Å². The van der Waals surface area contributed by atoms with Crippen LogP contribution in [-0.2, 0) is 9.59 Å². The van der Waals surface area contributed by atoms with Crippen molar-refractivity contribution in [2.75, 3.05) is 5.75 Å². The summed E-state index contributed by atoms with van der Waals surface area (Å²) in [6.45, 7) is 0. The predicted octanol–water partition coefficient (Wildman–Crippen LogP) is 1.33. The largest absolute Gasteiger partial charge is 0.477 e. The molecule has 2 rings (SSSR count). The average molecular weight is 332 g/mol. The molecule has 0 spiro atoms. The van der Waals surface area contributed by atoms with Gasteiger partial charge in [0.1, 0.15) is 11.7 Å². The van der Waals surface area contributed by atoms with Gasteiger partial charge in [0.15, 0.2) is 3.79 Å². The molecule has 2 heterocycles. The van der Waals surface area contributed by atoms with Crippen LogP contribution in [0.15, 0.2) is 10.6 Å². The topological polar surface area (TPSA) is 83.6 Å². The number of carbonyl (C=O) groups excluding carboxylic acids is 1. The summed E-state index contributed by atoms with van der Waals surface area (Å²) in [6, 6.07) is -0.922. The number of hydrogen-bond acceptors (Lipinski definition) is 4. The smallest absolute Gasteiger partial charge is 0.353 e. The van der Waals surface area contributed by atoms with Crippen LogP contribution in [0.3, 0.4) is 0 Å². The maximum absolute atomic E-state index is 11.6. The molecular formula is C9H9Cl3N2O3S. The molecule has 0 aliphatic carbocycles. The van der Waals surface area contributed by atoms with E-state index in [0.717, 1.165) is 0 Å². The van der Waals surface area contributed by atoms with Crippen LogP contribution in [0.4, 0.5) is 0 Å². The highest BCUT2D eigenvalue weighted by Crippen LogP contribution is 2.44. The fraction of sp³-hybridized carbons (Fsp3) is 0.556. The minimum Gasteiger partial charge on any atom is -0.477 e. The Kier molecular flexibility index (Phi) is 3.77. The molecule has 1 fully saturated rings. The summed E-state index contributed by atoms with van der Waals surface area (Å²) in [7, 11) is 0. The number of carboxylic acids is 1. The summed E-state index contributed by atoms with van der Waals surface area (Å²) in [5, 5.41) is 9.20. The van der Waals surface area contributed by atoms with Crippen molar-refractivity contribution in [2.24, 2.45) is 5.73 Å². The van der Waals surface area contributed by atoms with Crippen molar-refractivity contribution in [3.05, 3.63) is 10.6 Å². The van der Waals surface area contributed by atoms with Gasteiger partial charge in [-0.15, -0.1) is 11.8 Å². The number of aliphatic carboxylic acids is 1. The molecule has 1 amide bonds. The SMILES string of the molecule is N[C@H]1C(=O)N2C(C(=O)O)=C(CC(Cl)(Cl)Cl)SC[C@@H]12. The van der Waals surface area contributed by atoms with E-state index in [4.69, 9.17) is 40.5 Å². The number of thioether (sulfide) groups is 1. The Morgan fingerprint density at radius 3 is 2.67 bits per heavy atom. The number of carboxylic acid groups (broad SMARTS) is 1. The van der Waals surface area contributed by atoms with E-state index in [0.29, 0.717) is 10.7 Å². The van der Waals surface area contributed by atoms with Gasteiger partial charge in [-0.3, -0.25) is 9.69 Å². The van der Waals surface area contributed by atoms with Crippen molar-refractivity contribution in [2.45, 2.75) is 22.3 Å². The zero-order valence-electron chi connectivity index (χ0n) is 8.90. The Hall–Kier alpha value is -0.140. The van der Waals surface area contributed by atoms with E-state index in [-0.39, 0.29) is 18.2 Å². The molecule has 100 valence electrons. The first-order valence-corrected chi connectivity index (χ1v) is 7.09. The Bertz CT molecular complexity index is 449. The number of carbonyl (C=O) groups is 2. The molecule has 0 aromatic rings. The van der Waals surface area contributed by atoms with Gasteiger partial charge in [-0.1, -0.05) is 34.8 Å². The van der Waals surface area contributed by atoms with Gasteiger partial charge in [-0.25, -0.2) is 4.79 Å². The van der Waals surface area contributed by atoms with E-state index in [1.54, 1.807) is 0 Å². The number of amides is 1. The zero-order chi connectivity index (χ0) is 13.7. The van der Waals surface area contributed by atoms with Crippen molar-refractivity contribution in [1.29, 1.82) is 0 Å². The lowest BCUT2D eigenvalue weighted by Gasteiger charge is -2.48. The number of nitrogens with two attached hydrogens (primary N) is 1. The number of nitrogens with zero attached hydrogens (tertiary/aromatic N) is 1. The van der Waals surface area contributed by atoms with Crippen molar-refractivity contribution in [3.63, 3.8) is 0 Å². The molecule has 0 aromatic heterocycles. The van der Waals surface area contributed by atoms with E-state index in [2.05, 4.69) is 0 Å². The highest BCUT2D eigenvalue weighted by molar-refractivity contribution is 8.03. The lowest BCUT2D eigenvalue weighted by atomic mass is 9.96. The third-order valence-corrected chi connectivity index (χ3v) is 4.36. The quantitative estimate of drug-likeness (QED) is 0.589. The Morgan fingerprint density at radius 1 is 1.56 bits per heavy atom. The maximum Gasteiger partial charge on any atom is 0.353 e. The first kappa shape index (κ1) is 14.3. The van der Waals surface area contributed by atoms with Gasteiger partial charge in [-0.2, -0.15) is 0 Å². The average Bonchev–Trinajstić information content (AvgIpc) is 2.24. The fourth-order valence-electron chi connectivity index (χ4n) is 1.95. The first-order valence-electron chi connectivity index (χ1n) is 4.97. The Labute approximate surface area is 122 Å². The molecular weight excluding hydrogens is 323 g/mol. The molecule has 0 aromatic carbocycles. The molecule has 1 saturated heterocycles. The third-order valence-electron chi connectivity index (χ3n) is 2.77. The summed E-state index contributed by atoms with van der Waals surface area (Å²) in [5.41, 5.74) is 5.50. The molecule has 9 heteroatoms. The van der Waals surface area contributed by atoms with Crippen LogP contribution in [0.2, 0.25) is 0 Å². The van der Waals surface area contributed by atoms with Crippen LogP contribution in [0.1, 0.15) is 6.42 Å². The van der Waals surface area contributed by atoms with Crippen molar-refractivity contribution < 1.29 is 14.7 Å². The fourth-order valence-corrected chi connectivity index (χ4v) is 3.96. The van der Waals surface area contributed by atoms with Crippen LogP contribution >= 0.6 is 46.6 Å². The van der Waals surface area contributed by atoms with Crippen LogP contribution in [-0.4, -0.2) is 43.5 Å². The lowest BCUT2D eigenvalue weighted by molar-refractivity contribution is -0.150. The standard InChI is InChI=1S/C9H9Cl3N2O3S/c10-9(11,12)1-4-6(8(16)17)14-3(2-18-4)5(13)7(14)15/h3,5H,1-2,13H2,(H,16,17)/t3-,5+/m0/s1. The lowest BCUT2D eigenvalue weighted by Crippen LogP contribution is -2.70. The second-order valence-electron chi connectivity index (χ2n) is 3.98. The molecule has 2 atom stereocenters. The number of rotatable bonds is 2. The maximum atomic E-state index is 11.6. The summed E-state index contributed by atoms with van der Waals surface area (Å²) in [5.74, 6) is -1.10. The highest BCUT2D eigenvalue weighted by Gasteiger charge is 2.51. The Balaban J connectivity index is 2.35. The van der Waals surface area contributed by atoms with Gasteiger partial charge < -0.3 is 10.8 Å².